The molecule has 2 rings (SSSR count). The molecule has 0 unspecified atom stereocenters. The van der Waals surface area contributed by atoms with E-state index in [0.717, 1.165) is 11.8 Å². The highest BCUT2D eigenvalue weighted by molar-refractivity contribution is 5.83. The summed E-state index contributed by atoms with van der Waals surface area (Å²) < 4.78 is 0. The van der Waals surface area contributed by atoms with Crippen molar-refractivity contribution in [2.75, 3.05) is 0 Å². The summed E-state index contributed by atoms with van der Waals surface area (Å²) in [5.41, 5.74) is 1.29. The Bertz CT molecular complexity index is 390. The fourth-order valence-corrected chi connectivity index (χ4v) is 1.36. The van der Waals surface area contributed by atoms with Crippen molar-refractivity contribution in [1.29, 1.82) is 0 Å². The number of hydrogen-bond acceptors (Lipinski definition) is 2. The molecule has 0 saturated heterocycles. The van der Waals surface area contributed by atoms with Gasteiger partial charge >= 0.3 is 0 Å². The lowest BCUT2D eigenvalue weighted by Crippen LogP contribution is -1.85. The van der Waals surface area contributed by atoms with E-state index in [2.05, 4.69) is 16.9 Å². The molecule has 60 valence electrons. The van der Waals surface area contributed by atoms with Crippen LogP contribution >= 0.6 is 0 Å². The van der Waals surface area contributed by atoms with Gasteiger partial charge in [0.25, 0.3) is 0 Å². The Morgan fingerprint density at radius 3 is 2.83 bits per heavy atom. The summed E-state index contributed by atoms with van der Waals surface area (Å²) in [6.45, 7) is 2.14. The summed E-state index contributed by atoms with van der Waals surface area (Å²) in [5, 5.41) is 2.39. The normalized spacial score (nSPS) is 10.4. The van der Waals surface area contributed by atoms with Crippen molar-refractivity contribution >= 4 is 10.8 Å². The molecule has 2 heterocycles. The van der Waals surface area contributed by atoms with Crippen LogP contribution in [0, 0.1) is 0 Å². The van der Waals surface area contributed by atoms with E-state index in [-0.39, 0.29) is 0 Å². The van der Waals surface area contributed by atoms with E-state index >= 15 is 0 Å². The highest BCUT2D eigenvalue weighted by Gasteiger charge is 1.97. The molecule has 0 aliphatic heterocycles. The van der Waals surface area contributed by atoms with Crippen LogP contribution in [0.3, 0.4) is 0 Å². The van der Waals surface area contributed by atoms with Crippen LogP contribution in [0.15, 0.2) is 30.9 Å². The molecule has 2 aromatic rings. The van der Waals surface area contributed by atoms with Gasteiger partial charge in [-0.2, -0.15) is 0 Å². The minimum atomic E-state index is 1.02. The first kappa shape index (κ1) is 7.22. The van der Waals surface area contributed by atoms with E-state index in [1.165, 1.54) is 10.9 Å². The summed E-state index contributed by atoms with van der Waals surface area (Å²) >= 11 is 0. The van der Waals surface area contributed by atoms with Gasteiger partial charge in [-0.25, -0.2) is 0 Å². The van der Waals surface area contributed by atoms with Crippen molar-refractivity contribution in [1.82, 2.24) is 9.97 Å². The lowest BCUT2D eigenvalue weighted by molar-refractivity contribution is 1.12. The van der Waals surface area contributed by atoms with Gasteiger partial charge in [0.1, 0.15) is 0 Å². The second-order valence-electron chi connectivity index (χ2n) is 2.75. The highest BCUT2D eigenvalue weighted by Crippen LogP contribution is 2.15. The van der Waals surface area contributed by atoms with E-state index < -0.39 is 0 Å². The van der Waals surface area contributed by atoms with Gasteiger partial charge in [0.05, 0.1) is 0 Å². The minimum Gasteiger partial charge on any atom is -0.264 e. The summed E-state index contributed by atoms with van der Waals surface area (Å²) in [4.78, 5) is 8.19. The molecule has 0 aliphatic carbocycles. The molecule has 2 aromatic heterocycles. The van der Waals surface area contributed by atoms with Gasteiger partial charge in [-0.05, 0) is 23.4 Å². The fourth-order valence-electron chi connectivity index (χ4n) is 1.36. The number of aromatic nitrogens is 2. The Morgan fingerprint density at radius 1 is 1.17 bits per heavy atom. The zero-order valence-electron chi connectivity index (χ0n) is 6.99. The number of pyridine rings is 2. The van der Waals surface area contributed by atoms with Crippen LogP contribution in [0.1, 0.15) is 12.5 Å². The molecule has 2 nitrogen and oxygen atoms in total. The first-order chi connectivity index (χ1) is 5.92. The quantitative estimate of drug-likeness (QED) is 0.635. The molecule has 2 heteroatoms. The molecule has 12 heavy (non-hydrogen) atoms. The first-order valence-electron chi connectivity index (χ1n) is 4.08. The zero-order chi connectivity index (χ0) is 8.39. The number of rotatable bonds is 1. The zero-order valence-corrected chi connectivity index (χ0v) is 6.99. The molecule has 0 fully saturated rings. The third-order valence-electron chi connectivity index (χ3n) is 2.02. The molecule has 0 bridgehead atoms. The van der Waals surface area contributed by atoms with E-state index in [4.69, 9.17) is 0 Å². The van der Waals surface area contributed by atoms with Crippen LogP contribution in [-0.2, 0) is 6.42 Å². The molecular formula is C10H10N2. The summed E-state index contributed by atoms with van der Waals surface area (Å²) in [7, 11) is 0. The van der Waals surface area contributed by atoms with Gasteiger partial charge in [0.2, 0.25) is 0 Å². The van der Waals surface area contributed by atoms with E-state index in [1.54, 1.807) is 0 Å². The van der Waals surface area contributed by atoms with Gasteiger partial charge in [-0.3, -0.25) is 9.97 Å². The van der Waals surface area contributed by atoms with Gasteiger partial charge in [-0.1, -0.05) is 6.92 Å². The number of hydrogen-bond donors (Lipinski definition) is 0. The number of fused-ring (bicyclic) bond motifs is 1. The molecule has 0 aliphatic rings. The smallest absolute Gasteiger partial charge is 0.0362 e. The third-order valence-corrected chi connectivity index (χ3v) is 2.02. The molecule has 0 saturated carbocycles. The maximum absolute atomic E-state index is 4.14. The van der Waals surface area contributed by atoms with Crippen LogP contribution in [0.2, 0.25) is 0 Å². The van der Waals surface area contributed by atoms with Crippen LogP contribution in [0.4, 0.5) is 0 Å². The fraction of sp³-hybridized carbons (Fsp3) is 0.200. The van der Waals surface area contributed by atoms with Crippen LogP contribution < -0.4 is 0 Å². The minimum absolute atomic E-state index is 1.02. The maximum atomic E-state index is 4.14. The molecule has 0 atom stereocenters. The predicted octanol–water partition coefficient (Wildman–Crippen LogP) is 2.19. The van der Waals surface area contributed by atoms with Crippen LogP contribution in [0.5, 0.6) is 0 Å². The van der Waals surface area contributed by atoms with Crippen molar-refractivity contribution in [3.8, 4) is 0 Å². The number of aryl methyl sites for hydroxylation is 1. The van der Waals surface area contributed by atoms with Gasteiger partial charge in [-0.15, -0.1) is 0 Å². The number of nitrogens with zero attached hydrogens (tertiary/aromatic N) is 2. The van der Waals surface area contributed by atoms with Gasteiger partial charge in [0, 0.05) is 30.2 Å². The second kappa shape index (κ2) is 2.89. The summed E-state index contributed by atoms with van der Waals surface area (Å²) in [6.07, 6.45) is 8.46. The van der Waals surface area contributed by atoms with Crippen LogP contribution in [-0.4, -0.2) is 9.97 Å². The first-order valence-corrected chi connectivity index (χ1v) is 4.08. The molecule has 0 aromatic carbocycles. The Morgan fingerprint density at radius 2 is 2.00 bits per heavy atom. The third kappa shape index (κ3) is 1.05. The summed E-state index contributed by atoms with van der Waals surface area (Å²) in [6, 6.07) is 2.04. The maximum Gasteiger partial charge on any atom is 0.0362 e. The van der Waals surface area contributed by atoms with E-state index in [0.29, 0.717) is 0 Å². The van der Waals surface area contributed by atoms with Crippen LogP contribution in [0.25, 0.3) is 10.8 Å². The van der Waals surface area contributed by atoms with Crippen molar-refractivity contribution < 1.29 is 0 Å². The lowest BCUT2D eigenvalue weighted by atomic mass is 10.1. The lowest BCUT2D eigenvalue weighted by Gasteiger charge is -2.00. The average molecular weight is 158 g/mol. The van der Waals surface area contributed by atoms with E-state index in [9.17, 15) is 0 Å². The topological polar surface area (TPSA) is 25.8 Å². The van der Waals surface area contributed by atoms with Crippen molar-refractivity contribution in [3.05, 3.63) is 36.4 Å². The predicted molar refractivity (Wildman–Crippen MR) is 48.9 cm³/mol. The SMILES string of the molecule is CCc1cncc2cnccc12. The average Bonchev–Trinajstić information content (AvgIpc) is 2.17. The second-order valence-corrected chi connectivity index (χ2v) is 2.75. The Labute approximate surface area is 71.3 Å². The molecular weight excluding hydrogens is 148 g/mol. The standard InChI is InChI=1S/C10H10N2/c1-2-8-5-12-7-9-6-11-4-3-10(8)9/h3-7H,2H2,1H3. The van der Waals surface area contributed by atoms with Crippen molar-refractivity contribution in [2.24, 2.45) is 0 Å². The van der Waals surface area contributed by atoms with Crippen molar-refractivity contribution in [2.45, 2.75) is 13.3 Å². The van der Waals surface area contributed by atoms with Gasteiger partial charge < -0.3 is 0 Å². The largest absolute Gasteiger partial charge is 0.264 e. The van der Waals surface area contributed by atoms with Gasteiger partial charge in [0.15, 0.2) is 0 Å². The Kier molecular flexibility index (Phi) is 1.74. The molecule has 0 spiro atoms. The monoisotopic (exact) mass is 158 g/mol. The highest BCUT2D eigenvalue weighted by atomic mass is 14.7. The molecule has 0 radical (unpaired) electrons. The summed E-state index contributed by atoms with van der Waals surface area (Å²) in [5.74, 6) is 0. The van der Waals surface area contributed by atoms with Crippen molar-refractivity contribution in [3.63, 3.8) is 0 Å². The Balaban J connectivity index is 2.79. The van der Waals surface area contributed by atoms with E-state index in [1.807, 2.05) is 30.9 Å². The molecule has 0 amide bonds. The molecule has 0 N–H and O–H groups in total. The Hall–Kier alpha value is -1.44.